The van der Waals surface area contributed by atoms with Crippen molar-refractivity contribution in [1.82, 2.24) is 0 Å². The summed E-state index contributed by atoms with van der Waals surface area (Å²) in [4.78, 5) is 11.6. The highest BCUT2D eigenvalue weighted by Gasteiger charge is 2.31. The van der Waals surface area contributed by atoms with E-state index in [1.807, 2.05) is 6.92 Å². The van der Waals surface area contributed by atoms with Gasteiger partial charge in [-0.05, 0) is 31.9 Å². The summed E-state index contributed by atoms with van der Waals surface area (Å²) in [5.41, 5.74) is 1.50. The summed E-state index contributed by atoms with van der Waals surface area (Å²) in [6.07, 6.45) is 1.96. The van der Waals surface area contributed by atoms with E-state index in [9.17, 15) is 9.90 Å². The number of benzene rings is 1. The molecule has 0 atom stereocenters. The molecule has 0 saturated heterocycles. The molecule has 0 heterocycles. The summed E-state index contributed by atoms with van der Waals surface area (Å²) in [7, 11) is 0. The van der Waals surface area contributed by atoms with Gasteiger partial charge in [0.2, 0.25) is 0 Å². The van der Waals surface area contributed by atoms with E-state index in [2.05, 4.69) is 0 Å². The molecule has 0 spiro atoms. The molecule has 0 radical (unpaired) electrons. The first-order chi connectivity index (χ1) is 6.18. The van der Waals surface area contributed by atoms with E-state index < -0.39 is 0 Å². The maximum Gasteiger partial charge on any atom is 0.169 e. The quantitative estimate of drug-likeness (QED) is 0.702. The molecule has 2 heteroatoms. The van der Waals surface area contributed by atoms with E-state index >= 15 is 0 Å². The van der Waals surface area contributed by atoms with Crippen molar-refractivity contribution in [3.05, 3.63) is 29.3 Å². The van der Waals surface area contributed by atoms with Crippen LogP contribution < -0.4 is 0 Å². The Morgan fingerprint density at radius 2 is 2.15 bits per heavy atom. The van der Waals surface area contributed by atoms with Crippen molar-refractivity contribution in [2.75, 3.05) is 0 Å². The first-order valence-electron chi connectivity index (χ1n) is 4.52. The van der Waals surface area contributed by atoms with Crippen molar-refractivity contribution >= 4 is 5.78 Å². The fraction of sp³-hybridized carbons (Fsp3) is 0.364. The van der Waals surface area contributed by atoms with Crippen LogP contribution in [0.25, 0.3) is 0 Å². The van der Waals surface area contributed by atoms with Crippen LogP contribution in [0, 0.1) is 12.8 Å². The topological polar surface area (TPSA) is 37.3 Å². The van der Waals surface area contributed by atoms with Crippen LogP contribution in [0.15, 0.2) is 18.2 Å². The van der Waals surface area contributed by atoms with Gasteiger partial charge in [-0.2, -0.15) is 0 Å². The van der Waals surface area contributed by atoms with Gasteiger partial charge in [0.25, 0.3) is 0 Å². The normalized spacial score (nSPS) is 15.8. The van der Waals surface area contributed by atoms with Crippen molar-refractivity contribution < 1.29 is 9.90 Å². The first-order valence-corrected chi connectivity index (χ1v) is 4.52. The lowest BCUT2D eigenvalue weighted by molar-refractivity contribution is 0.0965. The molecule has 1 saturated carbocycles. The molecule has 2 rings (SSSR count). The Kier molecular flexibility index (Phi) is 1.83. The molecular formula is C11H12O2. The number of ketones is 1. The zero-order valence-electron chi connectivity index (χ0n) is 7.58. The number of carbonyl (C=O) groups is 1. The van der Waals surface area contributed by atoms with Gasteiger partial charge in [0, 0.05) is 5.92 Å². The van der Waals surface area contributed by atoms with Gasteiger partial charge in [-0.25, -0.2) is 0 Å². The SMILES string of the molecule is Cc1ccc(O)c(C(=O)C2CC2)c1. The third kappa shape index (κ3) is 1.57. The Morgan fingerprint density at radius 3 is 2.77 bits per heavy atom. The predicted molar refractivity (Wildman–Crippen MR) is 49.9 cm³/mol. The van der Waals surface area contributed by atoms with Crippen LogP contribution in [0.3, 0.4) is 0 Å². The molecule has 68 valence electrons. The molecule has 1 aromatic rings. The molecule has 13 heavy (non-hydrogen) atoms. The van der Waals surface area contributed by atoms with Crippen molar-refractivity contribution in [2.24, 2.45) is 5.92 Å². The lowest BCUT2D eigenvalue weighted by Gasteiger charge is -2.03. The lowest BCUT2D eigenvalue weighted by Crippen LogP contribution is -2.01. The number of hydrogen-bond donors (Lipinski definition) is 1. The summed E-state index contributed by atoms with van der Waals surface area (Å²) >= 11 is 0. The molecule has 1 N–H and O–H groups in total. The number of Topliss-reactive ketones (excluding diaryl/α,β-unsaturated/α-hetero) is 1. The zero-order chi connectivity index (χ0) is 9.42. The van der Waals surface area contributed by atoms with Crippen LogP contribution in [-0.2, 0) is 0 Å². The number of phenolic OH excluding ortho intramolecular Hbond substituents is 1. The Morgan fingerprint density at radius 1 is 1.46 bits per heavy atom. The molecule has 0 bridgehead atoms. The summed E-state index contributed by atoms with van der Waals surface area (Å²) in [5, 5.41) is 9.46. The summed E-state index contributed by atoms with van der Waals surface area (Å²) < 4.78 is 0. The number of aromatic hydroxyl groups is 1. The Balaban J connectivity index is 2.37. The Bertz CT molecular complexity index is 351. The van der Waals surface area contributed by atoms with Crippen molar-refractivity contribution in [3.8, 4) is 5.75 Å². The second kappa shape index (κ2) is 2.87. The minimum absolute atomic E-state index is 0.0983. The predicted octanol–water partition coefficient (Wildman–Crippen LogP) is 2.29. The second-order valence-electron chi connectivity index (χ2n) is 3.66. The molecule has 0 amide bonds. The number of aryl methyl sites for hydroxylation is 1. The largest absolute Gasteiger partial charge is 0.507 e. The van der Waals surface area contributed by atoms with E-state index in [-0.39, 0.29) is 17.5 Å². The monoisotopic (exact) mass is 176 g/mol. The highest BCUT2D eigenvalue weighted by Crippen LogP contribution is 2.35. The average molecular weight is 176 g/mol. The fourth-order valence-electron chi connectivity index (χ4n) is 1.41. The maximum atomic E-state index is 11.6. The molecule has 1 aromatic carbocycles. The van der Waals surface area contributed by atoms with Crippen LogP contribution in [-0.4, -0.2) is 10.9 Å². The summed E-state index contributed by atoms with van der Waals surface area (Å²) in [6, 6.07) is 5.15. The third-order valence-corrected chi connectivity index (χ3v) is 2.37. The van der Waals surface area contributed by atoms with E-state index in [4.69, 9.17) is 0 Å². The van der Waals surface area contributed by atoms with E-state index in [1.54, 1.807) is 18.2 Å². The van der Waals surface area contributed by atoms with Crippen molar-refractivity contribution in [1.29, 1.82) is 0 Å². The van der Waals surface area contributed by atoms with Crippen molar-refractivity contribution in [2.45, 2.75) is 19.8 Å². The second-order valence-corrected chi connectivity index (χ2v) is 3.66. The molecule has 0 aliphatic heterocycles. The number of rotatable bonds is 2. The van der Waals surface area contributed by atoms with E-state index in [0.29, 0.717) is 5.56 Å². The van der Waals surface area contributed by atoms with Gasteiger partial charge in [0.05, 0.1) is 5.56 Å². The maximum absolute atomic E-state index is 11.6. The van der Waals surface area contributed by atoms with E-state index in [1.165, 1.54) is 0 Å². The summed E-state index contributed by atoms with van der Waals surface area (Å²) in [5.74, 6) is 0.386. The minimum Gasteiger partial charge on any atom is -0.507 e. The average Bonchev–Trinajstić information content (AvgIpc) is 2.91. The van der Waals surface area contributed by atoms with Gasteiger partial charge in [0.15, 0.2) is 5.78 Å². The van der Waals surface area contributed by atoms with Gasteiger partial charge in [0.1, 0.15) is 5.75 Å². The molecule has 1 fully saturated rings. The number of hydrogen-bond acceptors (Lipinski definition) is 2. The fourth-order valence-corrected chi connectivity index (χ4v) is 1.41. The van der Waals surface area contributed by atoms with Crippen LogP contribution >= 0.6 is 0 Å². The van der Waals surface area contributed by atoms with Crippen LogP contribution in [0.5, 0.6) is 5.75 Å². The molecule has 1 aliphatic rings. The zero-order valence-corrected chi connectivity index (χ0v) is 7.58. The third-order valence-electron chi connectivity index (χ3n) is 2.37. The van der Waals surface area contributed by atoms with Gasteiger partial charge in [-0.15, -0.1) is 0 Å². The van der Waals surface area contributed by atoms with Gasteiger partial charge < -0.3 is 5.11 Å². The number of carbonyl (C=O) groups excluding carboxylic acids is 1. The van der Waals surface area contributed by atoms with Crippen LogP contribution in [0.1, 0.15) is 28.8 Å². The minimum atomic E-state index is 0.0983. The first kappa shape index (κ1) is 8.30. The van der Waals surface area contributed by atoms with Gasteiger partial charge in [-0.1, -0.05) is 11.6 Å². The smallest absolute Gasteiger partial charge is 0.169 e. The molecule has 1 aliphatic carbocycles. The standard InChI is InChI=1S/C11H12O2/c1-7-2-5-10(12)9(6-7)11(13)8-3-4-8/h2,5-6,8,12H,3-4H2,1H3. The molecule has 0 aromatic heterocycles. The summed E-state index contributed by atoms with van der Waals surface area (Å²) in [6.45, 7) is 1.92. The Labute approximate surface area is 77.2 Å². The highest BCUT2D eigenvalue weighted by molar-refractivity contribution is 6.01. The van der Waals surface area contributed by atoms with Crippen LogP contribution in [0.2, 0.25) is 0 Å². The Hall–Kier alpha value is -1.31. The van der Waals surface area contributed by atoms with Gasteiger partial charge in [-0.3, -0.25) is 4.79 Å². The van der Waals surface area contributed by atoms with Crippen molar-refractivity contribution in [3.63, 3.8) is 0 Å². The number of phenols is 1. The van der Waals surface area contributed by atoms with Gasteiger partial charge >= 0.3 is 0 Å². The molecular weight excluding hydrogens is 164 g/mol. The lowest BCUT2D eigenvalue weighted by atomic mass is 10.0. The molecule has 0 unspecified atom stereocenters. The van der Waals surface area contributed by atoms with E-state index in [0.717, 1.165) is 18.4 Å². The van der Waals surface area contributed by atoms with Crippen LogP contribution in [0.4, 0.5) is 0 Å². The highest BCUT2D eigenvalue weighted by atomic mass is 16.3. The molecule has 2 nitrogen and oxygen atoms in total.